The van der Waals surface area contributed by atoms with Gasteiger partial charge in [-0.3, -0.25) is 0 Å². The molecule has 1 aliphatic carbocycles. The van der Waals surface area contributed by atoms with Crippen molar-refractivity contribution in [2.45, 2.75) is 45.1 Å². The van der Waals surface area contributed by atoms with Gasteiger partial charge in [0.2, 0.25) is 0 Å². The molecule has 0 atom stereocenters. The number of rotatable bonds is 3. The molecule has 0 bridgehead atoms. The molecule has 2 N–H and O–H groups in total. The summed E-state index contributed by atoms with van der Waals surface area (Å²) in [7, 11) is 0. The Kier molecular flexibility index (Phi) is 3.85. The van der Waals surface area contributed by atoms with Gasteiger partial charge in [-0.15, -0.1) is 0 Å². The largest absolute Gasteiger partial charge is 0.332 e. The molecule has 130 valence electrons. The third kappa shape index (κ3) is 2.83. The van der Waals surface area contributed by atoms with E-state index in [9.17, 15) is 0 Å². The van der Waals surface area contributed by atoms with Crippen LogP contribution < -0.4 is 5.73 Å². The summed E-state index contributed by atoms with van der Waals surface area (Å²) in [5.74, 6) is 1.45. The number of halogens is 1. The molecule has 8 heteroatoms. The van der Waals surface area contributed by atoms with Gasteiger partial charge in [0, 0.05) is 5.69 Å². The molecular formula is C17H19ClN6O. The lowest BCUT2D eigenvalue weighted by molar-refractivity contribution is 0.372. The van der Waals surface area contributed by atoms with Crippen molar-refractivity contribution in [1.29, 1.82) is 0 Å². The molecule has 25 heavy (non-hydrogen) atoms. The van der Waals surface area contributed by atoms with Crippen LogP contribution in [0.3, 0.4) is 0 Å². The van der Waals surface area contributed by atoms with E-state index >= 15 is 0 Å². The molecule has 0 spiro atoms. The molecule has 0 unspecified atom stereocenters. The first kappa shape index (κ1) is 16.2. The first-order chi connectivity index (χ1) is 12.0. The minimum atomic E-state index is -0.512. The van der Waals surface area contributed by atoms with Crippen molar-refractivity contribution in [2.24, 2.45) is 5.73 Å². The number of pyridine rings is 1. The predicted molar refractivity (Wildman–Crippen MR) is 93.5 cm³/mol. The molecule has 0 aliphatic heterocycles. The van der Waals surface area contributed by atoms with Gasteiger partial charge >= 0.3 is 0 Å². The molecule has 3 aromatic rings. The van der Waals surface area contributed by atoms with Crippen LogP contribution in [0, 0.1) is 13.8 Å². The number of hydrogen-bond acceptors (Lipinski definition) is 6. The van der Waals surface area contributed by atoms with Gasteiger partial charge in [0.05, 0.1) is 16.3 Å². The van der Waals surface area contributed by atoms with Crippen molar-refractivity contribution in [3.8, 4) is 17.4 Å². The SMILES string of the molecule is Cc1cc(C)n(-c2ccc(Cl)c(-c3nc(C4(N)CCCC4)no3)n2)n1. The standard InChI is InChI=1S/C17H19ClN6O/c1-10-9-11(2)24(22-10)13-6-5-12(18)14(20-13)15-21-16(23-25-15)17(19)7-3-4-8-17/h5-6,9H,3-4,7-8,19H2,1-2H3. The summed E-state index contributed by atoms with van der Waals surface area (Å²) in [5, 5.41) is 8.97. The Labute approximate surface area is 150 Å². The summed E-state index contributed by atoms with van der Waals surface area (Å²) in [5.41, 5.74) is 8.23. The second kappa shape index (κ2) is 5.93. The third-order valence-corrected chi connectivity index (χ3v) is 4.93. The van der Waals surface area contributed by atoms with Gasteiger partial charge in [-0.05, 0) is 44.9 Å². The Balaban J connectivity index is 1.74. The molecule has 0 amide bonds. The van der Waals surface area contributed by atoms with Gasteiger partial charge < -0.3 is 10.3 Å². The van der Waals surface area contributed by atoms with Crippen LogP contribution in [-0.2, 0) is 5.54 Å². The van der Waals surface area contributed by atoms with Crippen LogP contribution in [0.1, 0.15) is 42.9 Å². The van der Waals surface area contributed by atoms with E-state index in [0.717, 1.165) is 37.1 Å². The van der Waals surface area contributed by atoms with E-state index in [1.54, 1.807) is 10.7 Å². The summed E-state index contributed by atoms with van der Waals surface area (Å²) in [6.45, 7) is 3.91. The number of hydrogen-bond donors (Lipinski definition) is 1. The van der Waals surface area contributed by atoms with Gasteiger partial charge in [0.25, 0.3) is 5.89 Å². The van der Waals surface area contributed by atoms with Crippen molar-refractivity contribution in [3.63, 3.8) is 0 Å². The average molecular weight is 359 g/mol. The minimum Gasteiger partial charge on any atom is -0.332 e. The fourth-order valence-electron chi connectivity index (χ4n) is 3.31. The number of aromatic nitrogens is 5. The van der Waals surface area contributed by atoms with Crippen LogP contribution in [-0.4, -0.2) is 24.9 Å². The smallest absolute Gasteiger partial charge is 0.278 e. The fourth-order valence-corrected chi connectivity index (χ4v) is 3.50. The Morgan fingerprint density at radius 3 is 2.64 bits per heavy atom. The zero-order valence-corrected chi connectivity index (χ0v) is 14.9. The van der Waals surface area contributed by atoms with Gasteiger partial charge in [0.1, 0.15) is 5.69 Å². The van der Waals surface area contributed by atoms with Crippen molar-refractivity contribution >= 4 is 11.6 Å². The van der Waals surface area contributed by atoms with Crippen LogP contribution in [0.15, 0.2) is 22.7 Å². The highest BCUT2D eigenvalue weighted by molar-refractivity contribution is 6.32. The van der Waals surface area contributed by atoms with Gasteiger partial charge in [-0.2, -0.15) is 10.1 Å². The first-order valence-electron chi connectivity index (χ1n) is 8.30. The van der Waals surface area contributed by atoms with Gasteiger partial charge in [-0.25, -0.2) is 9.67 Å². The summed E-state index contributed by atoms with van der Waals surface area (Å²) in [6, 6.07) is 5.55. The molecule has 3 aromatic heterocycles. The quantitative estimate of drug-likeness (QED) is 0.771. The highest BCUT2D eigenvalue weighted by atomic mass is 35.5. The summed E-state index contributed by atoms with van der Waals surface area (Å²) < 4.78 is 7.18. The van der Waals surface area contributed by atoms with E-state index < -0.39 is 5.54 Å². The second-order valence-electron chi connectivity index (χ2n) is 6.63. The lowest BCUT2D eigenvalue weighted by atomic mass is 9.99. The third-order valence-electron chi connectivity index (χ3n) is 4.63. The Morgan fingerprint density at radius 1 is 1.20 bits per heavy atom. The van der Waals surface area contributed by atoms with Crippen molar-refractivity contribution in [1.82, 2.24) is 24.9 Å². The number of nitrogens with two attached hydrogens (primary N) is 1. The van der Waals surface area contributed by atoms with Crippen LogP contribution in [0.4, 0.5) is 0 Å². The maximum absolute atomic E-state index is 6.40. The lowest BCUT2D eigenvalue weighted by Crippen LogP contribution is -2.34. The fraction of sp³-hybridized carbons (Fsp3) is 0.412. The Morgan fingerprint density at radius 2 is 1.96 bits per heavy atom. The molecule has 0 aromatic carbocycles. The highest BCUT2D eigenvalue weighted by Gasteiger charge is 2.36. The Bertz CT molecular complexity index is 925. The molecule has 1 aliphatic rings. The molecule has 1 saturated carbocycles. The molecule has 1 fully saturated rings. The number of aryl methyl sites for hydroxylation is 2. The maximum Gasteiger partial charge on any atom is 0.278 e. The van der Waals surface area contributed by atoms with Crippen LogP contribution in [0.5, 0.6) is 0 Å². The van der Waals surface area contributed by atoms with E-state index in [1.165, 1.54) is 0 Å². The highest BCUT2D eigenvalue weighted by Crippen LogP contribution is 2.36. The van der Waals surface area contributed by atoms with E-state index in [1.807, 2.05) is 26.0 Å². The lowest BCUT2D eigenvalue weighted by Gasteiger charge is -2.17. The maximum atomic E-state index is 6.40. The molecule has 3 heterocycles. The van der Waals surface area contributed by atoms with Crippen LogP contribution in [0.25, 0.3) is 17.4 Å². The minimum absolute atomic E-state index is 0.278. The van der Waals surface area contributed by atoms with Crippen molar-refractivity contribution < 1.29 is 4.52 Å². The van der Waals surface area contributed by atoms with E-state index in [0.29, 0.717) is 22.4 Å². The molecule has 4 rings (SSSR count). The second-order valence-corrected chi connectivity index (χ2v) is 7.03. The van der Waals surface area contributed by atoms with Crippen LogP contribution in [0.2, 0.25) is 5.02 Å². The summed E-state index contributed by atoms with van der Waals surface area (Å²) >= 11 is 6.32. The predicted octanol–water partition coefficient (Wildman–Crippen LogP) is 3.32. The normalized spacial score (nSPS) is 16.5. The van der Waals surface area contributed by atoms with Gasteiger partial charge in [-0.1, -0.05) is 29.6 Å². The van der Waals surface area contributed by atoms with Gasteiger partial charge in [0.15, 0.2) is 11.6 Å². The summed E-state index contributed by atoms with van der Waals surface area (Å²) in [4.78, 5) is 9.06. The number of nitrogens with zero attached hydrogens (tertiary/aromatic N) is 5. The topological polar surface area (TPSA) is 95.7 Å². The Hall–Kier alpha value is -2.25. The molecular weight excluding hydrogens is 340 g/mol. The first-order valence-corrected chi connectivity index (χ1v) is 8.68. The average Bonchev–Trinajstić information content (AvgIpc) is 3.29. The van der Waals surface area contributed by atoms with E-state index in [4.69, 9.17) is 21.9 Å². The zero-order chi connectivity index (χ0) is 17.6. The molecule has 0 radical (unpaired) electrons. The van der Waals surface area contributed by atoms with Crippen molar-refractivity contribution in [3.05, 3.63) is 40.4 Å². The molecule has 0 saturated heterocycles. The van der Waals surface area contributed by atoms with Crippen LogP contribution >= 0.6 is 11.6 Å². The molecule has 7 nitrogen and oxygen atoms in total. The van der Waals surface area contributed by atoms with Crippen molar-refractivity contribution in [2.75, 3.05) is 0 Å². The zero-order valence-electron chi connectivity index (χ0n) is 14.2. The van der Waals surface area contributed by atoms with E-state index in [2.05, 4.69) is 20.2 Å². The monoisotopic (exact) mass is 358 g/mol. The van der Waals surface area contributed by atoms with E-state index in [-0.39, 0.29) is 5.89 Å². The summed E-state index contributed by atoms with van der Waals surface area (Å²) in [6.07, 6.45) is 3.87.